The summed E-state index contributed by atoms with van der Waals surface area (Å²) in [5, 5.41) is 33.6. The number of esters is 1. The van der Waals surface area contributed by atoms with Gasteiger partial charge < -0.3 is 20.1 Å². The highest BCUT2D eigenvalue weighted by molar-refractivity contribution is 9.12. The molecule has 0 aromatic carbocycles. The van der Waals surface area contributed by atoms with Gasteiger partial charge in [-0.15, -0.1) is 0 Å². The molecule has 3 saturated carbocycles. The SMILES string of the molecule is CC(=O)OCC(=O)[C@@]1(O)[C@H](O)C[C@H]2[C@@H]3C[C@@H](F)C4=CC(=O)C(Br)=C[C@]4(C)[C@@H]3[C@@H](O)C[C@@]21C. The van der Waals surface area contributed by atoms with Crippen LogP contribution in [-0.2, 0) is 19.1 Å². The van der Waals surface area contributed by atoms with Crippen LogP contribution in [0, 0.1) is 28.6 Å². The smallest absolute Gasteiger partial charge is 0.303 e. The second kappa shape index (κ2) is 7.55. The summed E-state index contributed by atoms with van der Waals surface area (Å²) in [7, 11) is 0. The van der Waals surface area contributed by atoms with Crippen molar-refractivity contribution in [3.05, 3.63) is 22.2 Å². The lowest BCUT2D eigenvalue weighted by molar-refractivity contribution is -0.193. The van der Waals surface area contributed by atoms with Crippen LogP contribution in [0.1, 0.15) is 40.0 Å². The summed E-state index contributed by atoms with van der Waals surface area (Å²) in [5.41, 5.74) is -4.08. The number of halogens is 2. The summed E-state index contributed by atoms with van der Waals surface area (Å²) in [4.78, 5) is 36.3. The molecule has 4 aliphatic carbocycles. The van der Waals surface area contributed by atoms with E-state index in [0.717, 1.165) is 6.92 Å². The molecule has 0 saturated heterocycles. The molecule has 4 rings (SSSR count). The number of carbonyl (C=O) groups is 3. The fourth-order valence-corrected chi connectivity index (χ4v) is 7.78. The van der Waals surface area contributed by atoms with Gasteiger partial charge in [-0.2, -0.15) is 0 Å². The predicted molar refractivity (Wildman–Crippen MR) is 114 cm³/mol. The van der Waals surface area contributed by atoms with Crippen LogP contribution in [0.3, 0.4) is 0 Å². The van der Waals surface area contributed by atoms with Gasteiger partial charge >= 0.3 is 5.97 Å². The van der Waals surface area contributed by atoms with Crippen LogP contribution in [0.25, 0.3) is 0 Å². The van der Waals surface area contributed by atoms with Crippen LogP contribution >= 0.6 is 15.9 Å². The van der Waals surface area contributed by atoms with Gasteiger partial charge in [-0.3, -0.25) is 14.4 Å². The predicted octanol–water partition coefficient (Wildman–Crippen LogP) is 1.77. The Labute approximate surface area is 193 Å². The molecule has 4 aliphatic rings. The molecule has 9 atom stereocenters. The highest BCUT2D eigenvalue weighted by Gasteiger charge is 2.72. The summed E-state index contributed by atoms with van der Waals surface area (Å²) in [6, 6.07) is 0. The Balaban J connectivity index is 1.75. The van der Waals surface area contributed by atoms with E-state index in [0.29, 0.717) is 10.1 Å². The monoisotopic (exact) mass is 514 g/mol. The molecular weight excluding hydrogens is 487 g/mol. The van der Waals surface area contributed by atoms with Gasteiger partial charge in [0.25, 0.3) is 0 Å². The van der Waals surface area contributed by atoms with Crippen LogP contribution in [-0.4, -0.2) is 63.4 Å². The molecule has 32 heavy (non-hydrogen) atoms. The normalized spacial score (nSPS) is 47.6. The van der Waals surface area contributed by atoms with Gasteiger partial charge in [0.05, 0.1) is 16.7 Å². The van der Waals surface area contributed by atoms with Crippen molar-refractivity contribution in [3.63, 3.8) is 0 Å². The van der Waals surface area contributed by atoms with Crippen molar-refractivity contribution in [1.29, 1.82) is 0 Å². The molecule has 0 bridgehead atoms. The van der Waals surface area contributed by atoms with Crippen LogP contribution in [0.2, 0.25) is 0 Å². The Morgan fingerprint density at radius 1 is 1.28 bits per heavy atom. The van der Waals surface area contributed by atoms with E-state index in [9.17, 15) is 29.7 Å². The molecule has 0 heterocycles. The quantitative estimate of drug-likeness (QED) is 0.490. The van der Waals surface area contributed by atoms with Gasteiger partial charge in [-0.05, 0) is 58.7 Å². The maximum absolute atomic E-state index is 15.4. The summed E-state index contributed by atoms with van der Waals surface area (Å²) >= 11 is 3.25. The van der Waals surface area contributed by atoms with Crippen LogP contribution in [0.4, 0.5) is 4.39 Å². The first-order chi connectivity index (χ1) is 14.8. The van der Waals surface area contributed by atoms with Gasteiger partial charge in [0.1, 0.15) is 6.17 Å². The van der Waals surface area contributed by atoms with Crippen molar-refractivity contribution in [1.82, 2.24) is 0 Å². The Hall–Kier alpha value is -1.42. The van der Waals surface area contributed by atoms with E-state index >= 15 is 4.39 Å². The van der Waals surface area contributed by atoms with Gasteiger partial charge in [-0.1, -0.05) is 19.9 Å². The van der Waals surface area contributed by atoms with E-state index in [4.69, 9.17) is 4.74 Å². The second-order valence-corrected chi connectivity index (χ2v) is 11.0. The molecule has 0 unspecified atom stereocenters. The van der Waals surface area contributed by atoms with Crippen LogP contribution in [0.5, 0.6) is 0 Å². The van der Waals surface area contributed by atoms with Crippen molar-refractivity contribution in [2.45, 2.75) is 64.0 Å². The first kappa shape index (κ1) is 23.7. The van der Waals surface area contributed by atoms with Gasteiger partial charge in [0.2, 0.25) is 5.78 Å². The molecule has 0 radical (unpaired) electrons. The molecule has 0 aliphatic heterocycles. The summed E-state index contributed by atoms with van der Waals surface area (Å²) in [6.07, 6.45) is -0.870. The largest absolute Gasteiger partial charge is 0.458 e. The highest BCUT2D eigenvalue weighted by atomic mass is 79.9. The maximum Gasteiger partial charge on any atom is 0.303 e. The lowest BCUT2D eigenvalue weighted by Gasteiger charge is -2.60. The molecule has 7 nitrogen and oxygen atoms in total. The van der Waals surface area contributed by atoms with E-state index < -0.39 is 70.9 Å². The molecule has 3 N–H and O–H groups in total. The summed E-state index contributed by atoms with van der Waals surface area (Å²) in [5.74, 6) is -3.22. The van der Waals surface area contributed by atoms with E-state index in [1.165, 1.54) is 6.08 Å². The molecule has 176 valence electrons. The molecule has 0 aromatic heterocycles. The molecule has 0 aromatic rings. The Kier molecular flexibility index (Phi) is 5.60. The fraction of sp³-hybridized carbons (Fsp3) is 0.696. The molecule has 3 fully saturated rings. The number of ketones is 2. The summed E-state index contributed by atoms with van der Waals surface area (Å²) < 4.78 is 20.5. The molecule has 0 spiro atoms. The van der Waals surface area contributed by atoms with Crippen molar-refractivity contribution in [2.75, 3.05) is 6.61 Å². The minimum atomic E-state index is -2.24. The van der Waals surface area contributed by atoms with Crippen molar-refractivity contribution >= 4 is 33.5 Å². The number of ether oxygens (including phenoxy) is 1. The van der Waals surface area contributed by atoms with Gasteiger partial charge in [0.15, 0.2) is 18.0 Å². The Morgan fingerprint density at radius 3 is 2.56 bits per heavy atom. The molecule has 9 heteroatoms. The standard InChI is InChI=1S/C23H28BrFO7/c1-10(26)32-9-19(30)23(31)18(29)6-12-11-4-15(25)13-5-16(27)14(24)7-21(13,2)20(11)17(28)8-22(12,23)3/h5,7,11-12,15,17-18,20,28-29,31H,4,6,8-9H2,1-3H3/t11-,12-,15+,17-,18+,20-,21-,22-,23-/m0/s1. The number of rotatable bonds is 3. The number of fused-ring (bicyclic) bond motifs is 5. The third-order valence-electron chi connectivity index (χ3n) is 8.59. The third-order valence-corrected chi connectivity index (χ3v) is 9.21. The highest BCUT2D eigenvalue weighted by Crippen LogP contribution is 2.67. The average Bonchev–Trinajstić information content (AvgIpc) is 2.89. The Morgan fingerprint density at radius 2 is 1.94 bits per heavy atom. The first-order valence-corrected chi connectivity index (χ1v) is 11.6. The number of hydrogen-bond donors (Lipinski definition) is 3. The van der Waals surface area contributed by atoms with Gasteiger partial charge in [0, 0.05) is 23.7 Å². The van der Waals surface area contributed by atoms with E-state index in [-0.39, 0.29) is 25.0 Å². The summed E-state index contributed by atoms with van der Waals surface area (Å²) in [6.45, 7) is 3.88. The zero-order valence-electron chi connectivity index (χ0n) is 18.2. The number of alkyl halides is 1. The van der Waals surface area contributed by atoms with Gasteiger partial charge in [-0.25, -0.2) is 4.39 Å². The number of aliphatic hydroxyl groups is 3. The second-order valence-electron chi connectivity index (χ2n) is 10.1. The lowest BCUT2D eigenvalue weighted by Crippen LogP contribution is -2.64. The molecule has 0 amide bonds. The van der Waals surface area contributed by atoms with Crippen LogP contribution in [0.15, 0.2) is 22.2 Å². The number of Topliss-reactive ketones (excluding diaryl/α,β-unsaturated/α-hetero) is 1. The fourth-order valence-electron chi connectivity index (χ4n) is 7.19. The van der Waals surface area contributed by atoms with E-state index in [1.807, 2.05) is 0 Å². The minimum absolute atomic E-state index is 0.00255. The zero-order chi connectivity index (χ0) is 23.8. The number of carbonyl (C=O) groups excluding carboxylic acids is 3. The van der Waals surface area contributed by atoms with Crippen LogP contribution < -0.4 is 0 Å². The van der Waals surface area contributed by atoms with Crippen molar-refractivity contribution < 1.29 is 38.8 Å². The topological polar surface area (TPSA) is 121 Å². The number of aliphatic hydroxyl groups excluding tert-OH is 2. The first-order valence-electron chi connectivity index (χ1n) is 10.8. The lowest BCUT2D eigenvalue weighted by atomic mass is 9.46. The third kappa shape index (κ3) is 3.04. The molecular formula is C23H28BrFO7. The minimum Gasteiger partial charge on any atom is -0.458 e. The van der Waals surface area contributed by atoms with E-state index in [1.54, 1.807) is 19.9 Å². The number of allylic oxidation sites excluding steroid dienone is 4. The maximum atomic E-state index is 15.4. The van der Waals surface area contributed by atoms with Crippen molar-refractivity contribution in [3.8, 4) is 0 Å². The van der Waals surface area contributed by atoms with Crippen molar-refractivity contribution in [2.24, 2.45) is 28.6 Å². The number of hydrogen-bond acceptors (Lipinski definition) is 7. The zero-order valence-corrected chi connectivity index (χ0v) is 19.8. The average molecular weight is 515 g/mol. The van der Waals surface area contributed by atoms with E-state index in [2.05, 4.69) is 15.9 Å². The Bertz CT molecular complexity index is 947.